The third-order valence-corrected chi connectivity index (χ3v) is 5.59. The van der Waals surface area contributed by atoms with Crippen LogP contribution in [0, 0.1) is 13.8 Å². The van der Waals surface area contributed by atoms with Gasteiger partial charge in [0.05, 0.1) is 18.2 Å². The molecule has 1 aliphatic heterocycles. The standard InChI is InChI=1S/C21H22N6O3S/c1-4-30-18(28)16-15(23-20(29)24-17(16)14-8-6-5-7-9-14)11-31-21-25-19-22-12(2)10-13(3)27(19)26-21/h5-10,17H,4,11H2,1-3H3,(H2,23,24,29). The van der Waals surface area contributed by atoms with E-state index in [1.807, 2.05) is 50.2 Å². The van der Waals surface area contributed by atoms with Crippen molar-refractivity contribution in [1.29, 1.82) is 0 Å². The van der Waals surface area contributed by atoms with Gasteiger partial charge in [-0.05, 0) is 32.4 Å². The van der Waals surface area contributed by atoms with Gasteiger partial charge in [-0.25, -0.2) is 19.1 Å². The zero-order valence-electron chi connectivity index (χ0n) is 17.4. The van der Waals surface area contributed by atoms with E-state index in [4.69, 9.17) is 4.74 Å². The van der Waals surface area contributed by atoms with Gasteiger partial charge in [-0.3, -0.25) is 0 Å². The highest BCUT2D eigenvalue weighted by Crippen LogP contribution is 2.30. The molecule has 3 heterocycles. The first-order valence-corrected chi connectivity index (χ1v) is 10.8. The van der Waals surface area contributed by atoms with Crippen molar-refractivity contribution in [3.05, 3.63) is 64.6 Å². The Morgan fingerprint density at radius 1 is 1.23 bits per heavy atom. The van der Waals surface area contributed by atoms with Gasteiger partial charge in [0.2, 0.25) is 5.16 Å². The summed E-state index contributed by atoms with van der Waals surface area (Å²) in [6.45, 7) is 5.82. The highest BCUT2D eigenvalue weighted by atomic mass is 32.2. The van der Waals surface area contributed by atoms with E-state index >= 15 is 0 Å². The molecule has 0 saturated carbocycles. The van der Waals surface area contributed by atoms with Crippen molar-refractivity contribution in [3.8, 4) is 0 Å². The van der Waals surface area contributed by atoms with Gasteiger partial charge in [-0.2, -0.15) is 4.98 Å². The molecule has 1 atom stereocenters. The number of hydrogen-bond acceptors (Lipinski definition) is 7. The second kappa shape index (κ2) is 8.76. The molecular weight excluding hydrogens is 416 g/mol. The molecule has 2 N–H and O–H groups in total. The van der Waals surface area contributed by atoms with Crippen molar-refractivity contribution in [1.82, 2.24) is 30.2 Å². The minimum absolute atomic E-state index is 0.233. The SMILES string of the molecule is CCOC(=O)C1=C(CSc2nc3nc(C)cc(C)n3n2)NC(=O)NC1c1ccccc1. The second-order valence-corrected chi connectivity index (χ2v) is 7.93. The predicted octanol–water partition coefficient (Wildman–Crippen LogP) is 2.70. The molecule has 31 heavy (non-hydrogen) atoms. The molecule has 1 unspecified atom stereocenters. The van der Waals surface area contributed by atoms with Crippen molar-refractivity contribution in [3.63, 3.8) is 0 Å². The smallest absolute Gasteiger partial charge is 0.338 e. The van der Waals surface area contributed by atoms with Gasteiger partial charge in [-0.1, -0.05) is 42.1 Å². The van der Waals surface area contributed by atoms with Crippen LogP contribution < -0.4 is 10.6 Å². The number of fused-ring (bicyclic) bond motifs is 1. The van der Waals surface area contributed by atoms with Gasteiger partial charge in [-0.15, -0.1) is 5.10 Å². The maximum Gasteiger partial charge on any atom is 0.338 e. The Morgan fingerprint density at radius 3 is 2.74 bits per heavy atom. The molecule has 160 valence electrons. The molecule has 0 radical (unpaired) electrons. The van der Waals surface area contributed by atoms with Crippen LogP contribution in [0.2, 0.25) is 0 Å². The lowest BCUT2D eigenvalue weighted by Crippen LogP contribution is -2.46. The van der Waals surface area contributed by atoms with Crippen molar-refractivity contribution in [2.45, 2.75) is 32.0 Å². The lowest BCUT2D eigenvalue weighted by atomic mass is 9.95. The third kappa shape index (κ3) is 4.38. The van der Waals surface area contributed by atoms with Crippen LogP contribution in [0.3, 0.4) is 0 Å². The van der Waals surface area contributed by atoms with Crippen LogP contribution in [0.1, 0.15) is 29.9 Å². The summed E-state index contributed by atoms with van der Waals surface area (Å²) in [4.78, 5) is 34.0. The number of carbonyl (C=O) groups is 2. The molecule has 1 aliphatic rings. The van der Waals surface area contributed by atoms with Crippen molar-refractivity contribution in [2.24, 2.45) is 0 Å². The highest BCUT2D eigenvalue weighted by Gasteiger charge is 2.33. The Kier molecular flexibility index (Phi) is 5.90. The minimum atomic E-state index is -0.606. The number of carbonyl (C=O) groups excluding carboxylic acids is 2. The van der Waals surface area contributed by atoms with E-state index < -0.39 is 12.0 Å². The van der Waals surface area contributed by atoms with E-state index in [9.17, 15) is 9.59 Å². The Balaban J connectivity index is 1.68. The first-order valence-electron chi connectivity index (χ1n) is 9.82. The molecule has 0 spiro atoms. The number of nitrogens with one attached hydrogen (secondary N) is 2. The van der Waals surface area contributed by atoms with E-state index in [0.717, 1.165) is 17.0 Å². The molecule has 1 aromatic carbocycles. The number of aromatic nitrogens is 4. The molecule has 0 fully saturated rings. The number of thioether (sulfide) groups is 1. The van der Waals surface area contributed by atoms with Crippen LogP contribution in [0.25, 0.3) is 5.78 Å². The quantitative estimate of drug-likeness (QED) is 0.450. The van der Waals surface area contributed by atoms with Gasteiger partial charge in [0.25, 0.3) is 5.78 Å². The Labute approximate surface area is 183 Å². The summed E-state index contributed by atoms with van der Waals surface area (Å²) in [6.07, 6.45) is 0. The van der Waals surface area contributed by atoms with Gasteiger partial charge < -0.3 is 15.4 Å². The Bertz CT molecular complexity index is 1170. The molecule has 0 aliphatic carbocycles. The van der Waals surface area contributed by atoms with Crippen LogP contribution in [0.15, 0.2) is 52.8 Å². The van der Waals surface area contributed by atoms with Gasteiger partial charge in [0.1, 0.15) is 0 Å². The number of esters is 1. The molecule has 3 aromatic rings. The average molecular weight is 439 g/mol. The lowest BCUT2D eigenvalue weighted by molar-refractivity contribution is -0.139. The Hall–Kier alpha value is -3.40. The topological polar surface area (TPSA) is 111 Å². The number of benzene rings is 1. The largest absolute Gasteiger partial charge is 0.463 e. The summed E-state index contributed by atoms with van der Waals surface area (Å²) in [5.41, 5.74) is 3.42. The van der Waals surface area contributed by atoms with Crippen LogP contribution in [-0.4, -0.2) is 43.9 Å². The maximum absolute atomic E-state index is 12.8. The van der Waals surface area contributed by atoms with Crippen molar-refractivity contribution in [2.75, 3.05) is 12.4 Å². The molecule has 4 rings (SSSR count). The molecular formula is C21H22N6O3S. The summed E-state index contributed by atoms with van der Waals surface area (Å²) < 4.78 is 6.96. The molecule has 0 saturated heterocycles. The van der Waals surface area contributed by atoms with Gasteiger partial charge >= 0.3 is 12.0 Å². The minimum Gasteiger partial charge on any atom is -0.463 e. The monoisotopic (exact) mass is 438 g/mol. The fraction of sp³-hybridized carbons (Fsp3) is 0.286. The lowest BCUT2D eigenvalue weighted by Gasteiger charge is -2.29. The molecule has 2 aromatic heterocycles. The van der Waals surface area contributed by atoms with E-state index in [1.54, 1.807) is 11.4 Å². The third-order valence-electron chi connectivity index (χ3n) is 4.73. The van der Waals surface area contributed by atoms with Crippen LogP contribution in [0.5, 0.6) is 0 Å². The summed E-state index contributed by atoms with van der Waals surface area (Å²) in [7, 11) is 0. The number of hydrogen-bond donors (Lipinski definition) is 2. The zero-order valence-corrected chi connectivity index (χ0v) is 18.2. The van der Waals surface area contributed by atoms with E-state index in [-0.39, 0.29) is 12.6 Å². The number of nitrogens with zero attached hydrogens (tertiary/aromatic N) is 4. The summed E-state index contributed by atoms with van der Waals surface area (Å²) in [5, 5.41) is 10.6. The Morgan fingerprint density at radius 2 is 2.00 bits per heavy atom. The van der Waals surface area contributed by atoms with Gasteiger partial charge in [0, 0.05) is 22.8 Å². The molecule has 9 nitrogen and oxygen atoms in total. The van der Waals surface area contributed by atoms with Crippen molar-refractivity contribution >= 4 is 29.5 Å². The number of urea groups is 1. The van der Waals surface area contributed by atoms with E-state index in [1.165, 1.54) is 11.8 Å². The van der Waals surface area contributed by atoms with Crippen LogP contribution in [0.4, 0.5) is 4.79 Å². The number of ether oxygens (including phenoxy) is 1. The summed E-state index contributed by atoms with van der Waals surface area (Å²) in [5.74, 6) is 0.325. The van der Waals surface area contributed by atoms with E-state index in [2.05, 4.69) is 25.7 Å². The highest BCUT2D eigenvalue weighted by molar-refractivity contribution is 7.99. The summed E-state index contributed by atoms with van der Waals surface area (Å²) >= 11 is 1.31. The average Bonchev–Trinajstić information content (AvgIpc) is 3.16. The molecule has 2 amide bonds. The van der Waals surface area contributed by atoms with E-state index in [0.29, 0.717) is 28.0 Å². The van der Waals surface area contributed by atoms with Gasteiger partial charge in [0.15, 0.2) is 0 Å². The maximum atomic E-state index is 12.8. The zero-order chi connectivity index (χ0) is 22.0. The number of aryl methyl sites for hydroxylation is 2. The molecule has 0 bridgehead atoms. The fourth-order valence-electron chi connectivity index (χ4n) is 3.42. The summed E-state index contributed by atoms with van der Waals surface area (Å²) in [6, 6.07) is 10.3. The van der Waals surface area contributed by atoms with Crippen molar-refractivity contribution < 1.29 is 14.3 Å². The first-order chi connectivity index (χ1) is 15.0. The normalized spacial score (nSPS) is 16.2. The molecule has 10 heteroatoms. The first kappa shape index (κ1) is 20.9. The van der Waals surface area contributed by atoms with Crippen LogP contribution in [-0.2, 0) is 9.53 Å². The number of rotatable bonds is 6. The second-order valence-electron chi connectivity index (χ2n) is 6.99. The predicted molar refractivity (Wildman–Crippen MR) is 115 cm³/mol. The van der Waals surface area contributed by atoms with Crippen LogP contribution >= 0.6 is 11.8 Å². The number of amides is 2. The fourth-order valence-corrected chi connectivity index (χ4v) is 4.21.